The second-order valence-electron chi connectivity index (χ2n) is 4.14. The van der Waals surface area contributed by atoms with Crippen molar-refractivity contribution in [3.05, 3.63) is 36.0 Å². The summed E-state index contributed by atoms with van der Waals surface area (Å²) in [6.45, 7) is 0. The number of aromatic nitrogens is 1. The Balaban J connectivity index is 0.00000162. The van der Waals surface area contributed by atoms with E-state index >= 15 is 0 Å². The molecule has 0 unspecified atom stereocenters. The summed E-state index contributed by atoms with van der Waals surface area (Å²) < 4.78 is 38.7. The van der Waals surface area contributed by atoms with Crippen LogP contribution in [0, 0.1) is 0 Å². The number of hydrogen-bond acceptors (Lipinski definition) is 1. The number of para-hydroxylation sites is 1. The van der Waals surface area contributed by atoms with Crippen molar-refractivity contribution in [1.29, 1.82) is 0 Å². The van der Waals surface area contributed by atoms with E-state index in [1.807, 2.05) is 12.1 Å². The Morgan fingerprint density at radius 1 is 1.28 bits per heavy atom. The number of halogens is 4. The van der Waals surface area contributed by atoms with Gasteiger partial charge < -0.3 is 10.3 Å². The van der Waals surface area contributed by atoms with Gasteiger partial charge in [0.15, 0.2) is 0 Å². The molecule has 0 saturated heterocycles. The van der Waals surface area contributed by atoms with E-state index in [9.17, 15) is 13.2 Å². The highest BCUT2D eigenvalue weighted by Gasteiger charge is 2.31. The van der Waals surface area contributed by atoms with E-state index in [0.29, 0.717) is 5.56 Å². The van der Waals surface area contributed by atoms with Gasteiger partial charge in [-0.1, -0.05) is 18.2 Å². The zero-order valence-corrected chi connectivity index (χ0v) is 10.6. The van der Waals surface area contributed by atoms with Gasteiger partial charge in [-0.2, -0.15) is 13.2 Å². The average molecular weight is 279 g/mol. The van der Waals surface area contributed by atoms with E-state index in [-0.39, 0.29) is 12.4 Å². The Morgan fingerprint density at radius 3 is 2.50 bits per heavy atom. The zero-order chi connectivity index (χ0) is 12.6. The summed E-state index contributed by atoms with van der Waals surface area (Å²) >= 11 is 0. The molecule has 2 rings (SSSR count). The predicted octanol–water partition coefficient (Wildman–Crippen LogP) is 3.55. The first-order chi connectivity index (χ1) is 7.88. The zero-order valence-electron chi connectivity index (χ0n) is 9.74. The van der Waals surface area contributed by atoms with Crippen molar-refractivity contribution in [2.24, 2.45) is 12.8 Å². The lowest BCUT2D eigenvalue weighted by Crippen LogP contribution is -2.20. The van der Waals surface area contributed by atoms with Crippen molar-refractivity contribution in [3.8, 4) is 0 Å². The van der Waals surface area contributed by atoms with Gasteiger partial charge in [0.1, 0.15) is 0 Å². The molecule has 0 aliphatic rings. The Hall–Kier alpha value is -1.20. The minimum absolute atomic E-state index is 0. The molecule has 0 fully saturated rings. The van der Waals surface area contributed by atoms with E-state index in [0.717, 1.165) is 10.9 Å². The van der Waals surface area contributed by atoms with Gasteiger partial charge in [0.25, 0.3) is 0 Å². The van der Waals surface area contributed by atoms with Gasteiger partial charge in [0.05, 0.1) is 6.42 Å². The summed E-state index contributed by atoms with van der Waals surface area (Å²) in [5, 5.41) is 0.784. The van der Waals surface area contributed by atoms with Crippen LogP contribution in [0.15, 0.2) is 30.5 Å². The van der Waals surface area contributed by atoms with Crippen molar-refractivity contribution >= 4 is 23.3 Å². The van der Waals surface area contributed by atoms with Crippen LogP contribution < -0.4 is 5.73 Å². The van der Waals surface area contributed by atoms with Gasteiger partial charge in [0, 0.05) is 30.2 Å². The second kappa shape index (κ2) is 5.20. The van der Waals surface area contributed by atoms with Crippen LogP contribution in [0.1, 0.15) is 18.0 Å². The fourth-order valence-corrected chi connectivity index (χ4v) is 2.03. The molecule has 1 atom stereocenters. The number of alkyl halides is 3. The summed E-state index contributed by atoms with van der Waals surface area (Å²) in [7, 11) is 1.80. The molecule has 6 heteroatoms. The fourth-order valence-electron chi connectivity index (χ4n) is 2.03. The molecular weight excluding hydrogens is 265 g/mol. The first-order valence-electron chi connectivity index (χ1n) is 5.25. The second-order valence-corrected chi connectivity index (χ2v) is 4.14. The molecule has 1 aromatic heterocycles. The molecule has 0 spiro atoms. The SMILES string of the molecule is Cl.Cn1cc([C@@H](N)CC(F)(F)F)c2ccccc21. The number of aryl methyl sites for hydroxylation is 1. The number of nitrogens with zero attached hydrogens (tertiary/aromatic N) is 1. The van der Waals surface area contributed by atoms with E-state index < -0.39 is 18.6 Å². The van der Waals surface area contributed by atoms with Gasteiger partial charge in [-0.25, -0.2) is 0 Å². The topological polar surface area (TPSA) is 30.9 Å². The summed E-state index contributed by atoms with van der Waals surface area (Å²) in [6.07, 6.45) is -3.57. The smallest absolute Gasteiger partial charge is 0.350 e. The van der Waals surface area contributed by atoms with E-state index in [4.69, 9.17) is 5.73 Å². The number of rotatable bonds is 2. The van der Waals surface area contributed by atoms with Gasteiger partial charge in [-0.3, -0.25) is 0 Å². The van der Waals surface area contributed by atoms with E-state index in [2.05, 4.69) is 0 Å². The van der Waals surface area contributed by atoms with Crippen LogP contribution in [-0.4, -0.2) is 10.7 Å². The largest absolute Gasteiger partial charge is 0.390 e. The van der Waals surface area contributed by atoms with Crippen LogP contribution in [-0.2, 0) is 7.05 Å². The molecule has 1 aromatic carbocycles. The highest BCUT2D eigenvalue weighted by atomic mass is 35.5. The predicted molar refractivity (Wildman–Crippen MR) is 67.8 cm³/mol. The normalized spacial score (nSPS) is 13.4. The number of benzene rings is 1. The van der Waals surface area contributed by atoms with Crippen LogP contribution in [0.25, 0.3) is 10.9 Å². The Labute approximate surface area is 109 Å². The summed E-state index contributed by atoms with van der Waals surface area (Å²) in [4.78, 5) is 0. The maximum atomic E-state index is 12.3. The van der Waals surface area contributed by atoms with Crippen LogP contribution >= 0.6 is 12.4 Å². The molecule has 0 radical (unpaired) electrons. The average Bonchev–Trinajstić information content (AvgIpc) is 2.55. The third-order valence-corrected chi connectivity index (χ3v) is 2.78. The first kappa shape index (κ1) is 14.9. The minimum Gasteiger partial charge on any atom is -0.350 e. The molecule has 0 aliphatic heterocycles. The summed E-state index contributed by atoms with van der Waals surface area (Å²) in [6, 6.07) is 6.29. The fraction of sp³-hybridized carbons (Fsp3) is 0.333. The van der Waals surface area contributed by atoms with Crippen molar-refractivity contribution in [3.63, 3.8) is 0 Å². The van der Waals surface area contributed by atoms with Gasteiger partial charge in [-0.05, 0) is 11.6 Å². The molecule has 18 heavy (non-hydrogen) atoms. The quantitative estimate of drug-likeness (QED) is 0.895. The third kappa shape index (κ3) is 2.97. The van der Waals surface area contributed by atoms with Crippen molar-refractivity contribution < 1.29 is 13.2 Å². The van der Waals surface area contributed by atoms with E-state index in [1.54, 1.807) is 29.9 Å². The number of hydrogen-bond donors (Lipinski definition) is 1. The van der Waals surface area contributed by atoms with Gasteiger partial charge >= 0.3 is 6.18 Å². The molecule has 0 aliphatic carbocycles. The van der Waals surface area contributed by atoms with Crippen molar-refractivity contribution in [1.82, 2.24) is 4.57 Å². The molecule has 100 valence electrons. The highest BCUT2D eigenvalue weighted by molar-refractivity contribution is 5.85. The Bertz CT molecular complexity index is 534. The summed E-state index contributed by atoms with van der Waals surface area (Å²) in [5.41, 5.74) is 7.06. The number of nitrogens with two attached hydrogens (primary N) is 1. The maximum Gasteiger partial charge on any atom is 0.390 e. The lowest BCUT2D eigenvalue weighted by atomic mass is 10.0. The van der Waals surface area contributed by atoms with Crippen molar-refractivity contribution in [2.75, 3.05) is 0 Å². The molecule has 2 aromatic rings. The van der Waals surface area contributed by atoms with E-state index in [1.165, 1.54) is 0 Å². The molecule has 2 nitrogen and oxygen atoms in total. The first-order valence-corrected chi connectivity index (χ1v) is 5.25. The van der Waals surface area contributed by atoms with Crippen LogP contribution in [0.2, 0.25) is 0 Å². The molecule has 0 amide bonds. The lowest BCUT2D eigenvalue weighted by molar-refractivity contribution is -0.138. The molecule has 0 saturated carbocycles. The standard InChI is InChI=1S/C12H13F3N2.ClH/c1-17-7-9(10(16)6-12(13,14)15)8-4-2-3-5-11(8)17;/h2-5,7,10H,6,16H2,1H3;1H/t10-;/m0./s1. The van der Waals surface area contributed by atoms with Crippen LogP contribution in [0.4, 0.5) is 13.2 Å². The molecule has 0 bridgehead atoms. The monoisotopic (exact) mass is 278 g/mol. The third-order valence-electron chi connectivity index (χ3n) is 2.78. The Morgan fingerprint density at radius 2 is 1.89 bits per heavy atom. The van der Waals surface area contributed by atoms with Gasteiger partial charge in [0.2, 0.25) is 0 Å². The molecule has 2 N–H and O–H groups in total. The minimum atomic E-state index is -4.24. The van der Waals surface area contributed by atoms with Gasteiger partial charge in [-0.15, -0.1) is 12.4 Å². The number of fused-ring (bicyclic) bond motifs is 1. The molecule has 1 heterocycles. The molecular formula is C12H14ClF3N2. The van der Waals surface area contributed by atoms with Crippen molar-refractivity contribution in [2.45, 2.75) is 18.6 Å². The summed E-state index contributed by atoms with van der Waals surface area (Å²) in [5.74, 6) is 0. The van der Waals surface area contributed by atoms with Crippen LogP contribution in [0.5, 0.6) is 0 Å². The maximum absolute atomic E-state index is 12.3. The highest BCUT2D eigenvalue weighted by Crippen LogP contribution is 2.32. The van der Waals surface area contributed by atoms with Crippen LogP contribution in [0.3, 0.4) is 0 Å². The Kier molecular flexibility index (Phi) is 4.29. The lowest BCUT2D eigenvalue weighted by Gasteiger charge is -2.13.